The van der Waals surface area contributed by atoms with Crippen molar-refractivity contribution in [2.75, 3.05) is 24.7 Å². The van der Waals surface area contributed by atoms with E-state index in [2.05, 4.69) is 5.32 Å². The molecule has 2 saturated carbocycles. The topological polar surface area (TPSA) is 248 Å². The molecule has 19 heteroatoms. The van der Waals surface area contributed by atoms with Crippen molar-refractivity contribution >= 4 is 63.3 Å². The third-order valence-corrected chi connectivity index (χ3v) is 17.5. The molecule has 1 heterocycles. The number of aliphatic hydroxyl groups excluding tert-OH is 1. The zero-order valence-corrected chi connectivity index (χ0v) is 42.7. The average Bonchev–Trinajstić information content (AvgIpc) is 3.35. The number of carbonyl (C=O) groups is 7. The van der Waals surface area contributed by atoms with E-state index in [9.17, 15) is 44.1 Å². The lowest BCUT2D eigenvalue weighted by atomic mass is 9.43. The molecule has 1 saturated heterocycles. The number of fused-ring (bicyclic) bond motifs is 5. The number of Topliss-reactive ketones (excluding diaryl/α,β-unsaturated/α-hetero) is 1. The molecule has 0 radical (unpaired) electrons. The van der Waals surface area contributed by atoms with Crippen molar-refractivity contribution in [2.45, 2.75) is 109 Å². The molecular weight excluding hydrogens is 971 g/mol. The second-order valence-corrected chi connectivity index (χ2v) is 22.2. The molecule has 3 fully saturated rings. The molecule has 7 rings (SSSR count). The third kappa shape index (κ3) is 10.3. The first-order chi connectivity index (χ1) is 34.1. The van der Waals surface area contributed by atoms with Crippen molar-refractivity contribution in [1.29, 1.82) is 0 Å². The fourth-order valence-electron chi connectivity index (χ4n) is 11.2. The Balaban J connectivity index is 1.30. The van der Waals surface area contributed by atoms with Crippen LogP contribution in [0.3, 0.4) is 0 Å². The Bertz CT molecular complexity index is 2560. The molecule has 4 N–H and O–H groups in total. The molecule has 3 aromatic carbocycles. The number of aliphatic carboxylic acids is 1. The number of ether oxygens (including phenoxy) is 6. The standard InChI is InChI=1S/C53H61NO16S2/c1-29(46(59)60)27-72-71-24-23-65-49(63)68-37-25-38-52(28-66-38,70-32(4)55)42-44(69-47(61)35-21-15-10-16-22-35)53(64)26-36(30(2)39(50(53,5)6)31(3)43(57)51(37,42)7)67-48(62)41(56)40(33-17-11-8-12-18-33)54-45(58)34-19-13-9-14-20-34/h8-22,29,31,36-38,40-42,44,56,64H,23-28H2,1-7H3,(H,54,58)(H,59,60)/t29-,31+,36-,37-,38+,40-,41+,42?,44?,51+,52-,53+/m0/s1. The van der Waals surface area contributed by atoms with Gasteiger partial charge in [0.1, 0.15) is 42.4 Å². The minimum Gasteiger partial charge on any atom is -0.481 e. The van der Waals surface area contributed by atoms with Crippen molar-refractivity contribution in [2.24, 2.45) is 28.6 Å². The van der Waals surface area contributed by atoms with E-state index < -0.39 is 124 Å². The van der Waals surface area contributed by atoms with Gasteiger partial charge < -0.3 is 49.1 Å². The maximum absolute atomic E-state index is 15.9. The van der Waals surface area contributed by atoms with Gasteiger partial charge in [0.05, 0.1) is 35.5 Å². The lowest BCUT2D eigenvalue weighted by Crippen LogP contribution is -2.81. The van der Waals surface area contributed by atoms with Crippen LogP contribution in [0.5, 0.6) is 0 Å². The zero-order valence-electron chi connectivity index (χ0n) is 41.1. The number of esters is 3. The second kappa shape index (κ2) is 21.8. The average molecular weight is 1030 g/mol. The lowest BCUT2D eigenvalue weighted by molar-refractivity contribution is -0.345. The fourth-order valence-corrected chi connectivity index (χ4v) is 13.3. The number of hydrogen-bond acceptors (Lipinski definition) is 17. The molecule has 4 aliphatic rings. The number of hydrogen-bond donors (Lipinski definition) is 4. The number of aliphatic hydroxyl groups is 2. The van der Waals surface area contributed by atoms with E-state index in [1.165, 1.54) is 47.6 Å². The van der Waals surface area contributed by atoms with E-state index in [1.54, 1.807) is 113 Å². The number of carboxylic acids is 1. The number of nitrogens with one attached hydrogen (secondary N) is 1. The highest BCUT2D eigenvalue weighted by Gasteiger charge is 2.78. The molecule has 0 aromatic heterocycles. The summed E-state index contributed by atoms with van der Waals surface area (Å²) in [5, 5.41) is 37.8. The van der Waals surface area contributed by atoms with Crippen LogP contribution in [0.25, 0.3) is 0 Å². The number of carbonyl (C=O) groups excluding carboxylic acids is 6. The van der Waals surface area contributed by atoms with Gasteiger partial charge in [0.15, 0.2) is 11.7 Å². The molecule has 72 heavy (non-hydrogen) atoms. The van der Waals surface area contributed by atoms with E-state index in [0.717, 1.165) is 0 Å². The van der Waals surface area contributed by atoms with Crippen LogP contribution in [0.2, 0.25) is 0 Å². The van der Waals surface area contributed by atoms with Crippen LogP contribution >= 0.6 is 21.6 Å². The van der Waals surface area contributed by atoms with Gasteiger partial charge in [-0.1, -0.05) is 116 Å². The second-order valence-electron chi connectivity index (χ2n) is 19.6. The Kier molecular flexibility index (Phi) is 16.3. The predicted molar refractivity (Wildman–Crippen MR) is 263 cm³/mol. The van der Waals surface area contributed by atoms with Crippen molar-refractivity contribution < 1.29 is 77.3 Å². The smallest absolute Gasteiger partial charge is 0.481 e. The molecule has 386 valence electrons. The number of rotatable bonds is 17. The molecule has 3 aliphatic carbocycles. The third-order valence-electron chi connectivity index (χ3n) is 14.9. The van der Waals surface area contributed by atoms with Gasteiger partial charge in [-0.15, -0.1) is 0 Å². The molecular formula is C53H61NO16S2. The molecule has 12 atom stereocenters. The summed E-state index contributed by atoms with van der Waals surface area (Å²) >= 11 is 0. The van der Waals surface area contributed by atoms with Crippen LogP contribution in [0, 0.1) is 28.6 Å². The Morgan fingerprint density at radius 3 is 2.07 bits per heavy atom. The van der Waals surface area contributed by atoms with Gasteiger partial charge in [-0.3, -0.25) is 19.2 Å². The molecule has 2 unspecified atom stereocenters. The van der Waals surface area contributed by atoms with Gasteiger partial charge in [-0.05, 0) is 54.8 Å². The van der Waals surface area contributed by atoms with Crippen LogP contribution in [0.1, 0.15) is 93.6 Å². The molecule has 3 aromatic rings. The normalized spacial score (nSPS) is 29.4. The first kappa shape index (κ1) is 54.1. The SMILES string of the molecule is CC(=O)O[C@@]12CO[C@@H]1C[C@H](OC(=O)OCCSSC[C@H](C)C(=O)O)[C@@]1(C)C(=O)[C@H](C)C3=C(C)[C@@H](OC(=O)[C@H](O)[C@@H](NC(=O)c4ccccc4)c4ccccc4)C[C@@](O)(C(OC(=O)c4ccccc4)C12)C3(C)C. The minimum atomic E-state index is -2.31. The molecule has 2 bridgehead atoms. The summed E-state index contributed by atoms with van der Waals surface area (Å²) in [5.74, 6) is -7.58. The maximum atomic E-state index is 15.9. The Labute approximate surface area is 425 Å². The quantitative estimate of drug-likeness (QED) is 0.0361. The van der Waals surface area contributed by atoms with Crippen LogP contribution in [-0.2, 0) is 47.6 Å². The summed E-state index contributed by atoms with van der Waals surface area (Å²) in [6.07, 6.45) is -9.44. The summed E-state index contributed by atoms with van der Waals surface area (Å²) < 4.78 is 36.6. The summed E-state index contributed by atoms with van der Waals surface area (Å²) in [6.45, 7) is 10.5. The largest absolute Gasteiger partial charge is 0.508 e. The van der Waals surface area contributed by atoms with E-state index in [-0.39, 0.29) is 36.5 Å². The van der Waals surface area contributed by atoms with Crippen molar-refractivity contribution in [3.8, 4) is 0 Å². The Hall–Kier alpha value is -5.73. The molecule has 0 spiro atoms. The number of amides is 1. The summed E-state index contributed by atoms with van der Waals surface area (Å²) in [4.78, 5) is 96.7. The first-order valence-electron chi connectivity index (χ1n) is 23.7. The van der Waals surface area contributed by atoms with Crippen molar-refractivity contribution in [1.82, 2.24) is 5.32 Å². The molecule has 17 nitrogen and oxygen atoms in total. The Morgan fingerprint density at radius 1 is 0.875 bits per heavy atom. The van der Waals surface area contributed by atoms with Gasteiger partial charge in [-0.25, -0.2) is 14.4 Å². The Morgan fingerprint density at radius 2 is 1.49 bits per heavy atom. The van der Waals surface area contributed by atoms with E-state index in [4.69, 9.17) is 28.4 Å². The minimum absolute atomic E-state index is 0.0734. The van der Waals surface area contributed by atoms with Crippen LogP contribution in [0.15, 0.2) is 102 Å². The first-order valence-corrected chi connectivity index (χ1v) is 26.2. The summed E-state index contributed by atoms with van der Waals surface area (Å²) in [5.41, 5.74) is -6.10. The van der Waals surface area contributed by atoms with E-state index in [1.807, 2.05) is 0 Å². The van der Waals surface area contributed by atoms with Crippen molar-refractivity contribution in [3.05, 3.63) is 119 Å². The zero-order chi connectivity index (χ0) is 52.3. The highest BCUT2D eigenvalue weighted by molar-refractivity contribution is 8.76. The van der Waals surface area contributed by atoms with E-state index in [0.29, 0.717) is 22.5 Å². The van der Waals surface area contributed by atoms with Gasteiger partial charge in [0, 0.05) is 48.2 Å². The molecule has 1 amide bonds. The van der Waals surface area contributed by atoms with Crippen LogP contribution < -0.4 is 5.32 Å². The maximum Gasteiger partial charge on any atom is 0.508 e. The fraction of sp³-hybridized carbons (Fsp3) is 0.491. The van der Waals surface area contributed by atoms with E-state index >= 15 is 4.79 Å². The monoisotopic (exact) mass is 1030 g/mol. The number of benzene rings is 3. The van der Waals surface area contributed by atoms with Crippen molar-refractivity contribution in [3.63, 3.8) is 0 Å². The van der Waals surface area contributed by atoms with Gasteiger partial charge in [0.25, 0.3) is 5.91 Å². The number of carboxylic acid groups (broad SMARTS) is 1. The summed E-state index contributed by atoms with van der Waals surface area (Å²) in [7, 11) is 2.60. The highest BCUT2D eigenvalue weighted by Crippen LogP contribution is 2.65. The number of ketones is 1. The van der Waals surface area contributed by atoms with Crippen LogP contribution in [-0.4, -0.2) is 123 Å². The van der Waals surface area contributed by atoms with Gasteiger partial charge >= 0.3 is 30.0 Å². The molecule has 1 aliphatic heterocycles. The lowest BCUT2D eigenvalue weighted by Gasteiger charge is -2.67. The predicted octanol–water partition coefficient (Wildman–Crippen LogP) is 6.70. The van der Waals surface area contributed by atoms with Gasteiger partial charge in [0.2, 0.25) is 0 Å². The van der Waals surface area contributed by atoms with Crippen LogP contribution in [0.4, 0.5) is 4.79 Å². The summed E-state index contributed by atoms with van der Waals surface area (Å²) in [6, 6.07) is 23.2. The van der Waals surface area contributed by atoms with Gasteiger partial charge in [-0.2, -0.15) is 0 Å². The highest BCUT2D eigenvalue weighted by atomic mass is 33.1.